The number of ether oxygens (including phenoxy) is 3. The summed E-state index contributed by atoms with van der Waals surface area (Å²) in [6.07, 6.45) is 3.13. The Morgan fingerprint density at radius 1 is 1.14 bits per heavy atom. The Labute approximate surface area is 169 Å². The predicted molar refractivity (Wildman–Crippen MR) is 100 cm³/mol. The number of hydrogen-bond acceptors (Lipinski definition) is 8. The van der Waals surface area contributed by atoms with Crippen LogP contribution in [0.1, 0.15) is 30.5 Å². The minimum absolute atomic E-state index is 0.0874. The van der Waals surface area contributed by atoms with Crippen LogP contribution in [-0.2, 0) is 21.2 Å². The van der Waals surface area contributed by atoms with Gasteiger partial charge < -0.3 is 18.7 Å². The summed E-state index contributed by atoms with van der Waals surface area (Å²) in [5.74, 6) is 2.75. The van der Waals surface area contributed by atoms with Crippen molar-refractivity contribution in [3.8, 4) is 11.5 Å². The van der Waals surface area contributed by atoms with Gasteiger partial charge in [0, 0.05) is 32.2 Å². The van der Waals surface area contributed by atoms with E-state index >= 15 is 0 Å². The van der Waals surface area contributed by atoms with Crippen molar-refractivity contribution in [3.05, 3.63) is 29.9 Å². The summed E-state index contributed by atoms with van der Waals surface area (Å²) in [6, 6.07) is 4.69. The van der Waals surface area contributed by atoms with Crippen LogP contribution < -0.4 is 9.47 Å². The van der Waals surface area contributed by atoms with Crippen molar-refractivity contribution in [2.45, 2.75) is 30.1 Å². The summed E-state index contributed by atoms with van der Waals surface area (Å²) in [7, 11) is -3.60. The Bertz CT molecular complexity index is 982. The fourth-order valence-electron chi connectivity index (χ4n) is 3.36. The molecular weight excluding hydrogens is 398 g/mol. The van der Waals surface area contributed by atoms with E-state index in [4.69, 9.17) is 18.7 Å². The molecule has 5 rings (SSSR count). The summed E-state index contributed by atoms with van der Waals surface area (Å²) < 4.78 is 49.0. The van der Waals surface area contributed by atoms with Crippen LogP contribution in [0.15, 0.2) is 27.6 Å². The largest absolute Gasteiger partial charge is 0.486 e. The number of benzene rings is 1. The molecule has 0 spiro atoms. The van der Waals surface area contributed by atoms with Crippen LogP contribution in [-0.4, -0.2) is 62.4 Å². The molecule has 0 radical (unpaired) electrons. The molecule has 3 heterocycles. The lowest BCUT2D eigenvalue weighted by Gasteiger charge is -2.35. The van der Waals surface area contributed by atoms with Crippen LogP contribution in [0.25, 0.3) is 0 Å². The van der Waals surface area contributed by atoms with Crippen molar-refractivity contribution in [1.82, 2.24) is 14.4 Å². The Kier molecular flexibility index (Phi) is 4.92. The molecule has 1 saturated carbocycles. The zero-order chi connectivity index (χ0) is 19.8. The van der Waals surface area contributed by atoms with Crippen molar-refractivity contribution >= 4 is 10.0 Å². The van der Waals surface area contributed by atoms with Gasteiger partial charge in [-0.1, -0.05) is 5.16 Å². The minimum atomic E-state index is -3.60. The van der Waals surface area contributed by atoms with Crippen LogP contribution >= 0.6 is 0 Å². The van der Waals surface area contributed by atoms with E-state index in [2.05, 4.69) is 10.1 Å². The average Bonchev–Trinajstić information content (AvgIpc) is 3.41. The first kappa shape index (κ1) is 18.8. The summed E-state index contributed by atoms with van der Waals surface area (Å²) in [4.78, 5) is 4.59. The molecule has 0 bridgehead atoms. The third-order valence-electron chi connectivity index (χ3n) is 5.35. The molecule has 0 unspecified atom stereocenters. The lowest BCUT2D eigenvalue weighted by molar-refractivity contribution is 0.125. The number of hydrogen-bond donors (Lipinski definition) is 0. The maximum Gasteiger partial charge on any atom is 0.243 e. The minimum Gasteiger partial charge on any atom is -0.486 e. The van der Waals surface area contributed by atoms with E-state index in [0.717, 1.165) is 12.5 Å². The van der Waals surface area contributed by atoms with Gasteiger partial charge in [-0.2, -0.15) is 9.29 Å². The zero-order valence-electron chi connectivity index (χ0n) is 16.0. The second-order valence-electron chi connectivity index (χ2n) is 7.64. The first-order valence-electron chi connectivity index (χ1n) is 9.89. The van der Waals surface area contributed by atoms with Gasteiger partial charge in [-0.15, -0.1) is 0 Å². The highest BCUT2D eigenvalue weighted by Gasteiger charge is 2.40. The van der Waals surface area contributed by atoms with Crippen molar-refractivity contribution < 1.29 is 27.2 Å². The van der Waals surface area contributed by atoms with E-state index in [-0.39, 0.29) is 10.8 Å². The lowest BCUT2D eigenvalue weighted by Crippen LogP contribution is -2.48. The molecular formula is C19H23N3O6S. The molecule has 10 heteroatoms. The second kappa shape index (κ2) is 7.58. The van der Waals surface area contributed by atoms with E-state index in [1.165, 1.54) is 23.2 Å². The molecule has 29 heavy (non-hydrogen) atoms. The number of fused-ring (bicyclic) bond motifs is 1. The highest BCUT2D eigenvalue weighted by molar-refractivity contribution is 7.89. The van der Waals surface area contributed by atoms with E-state index in [0.29, 0.717) is 62.5 Å². The highest BCUT2D eigenvalue weighted by Crippen LogP contribution is 2.36. The SMILES string of the molecule is O=S(=O)(c1ccc2c(c1)OCCO2)N1CC(c2nc(CCOCC3CC3)no2)C1. The van der Waals surface area contributed by atoms with Gasteiger partial charge in [-0.25, -0.2) is 8.42 Å². The van der Waals surface area contributed by atoms with Gasteiger partial charge in [-0.05, 0) is 30.9 Å². The fraction of sp³-hybridized carbons (Fsp3) is 0.579. The van der Waals surface area contributed by atoms with Crippen molar-refractivity contribution in [2.75, 3.05) is 39.5 Å². The number of nitrogens with zero attached hydrogens (tertiary/aromatic N) is 3. The molecule has 3 aliphatic rings. The summed E-state index contributed by atoms with van der Waals surface area (Å²) >= 11 is 0. The third-order valence-corrected chi connectivity index (χ3v) is 7.18. The summed E-state index contributed by atoms with van der Waals surface area (Å²) in [6.45, 7) is 2.89. The topological polar surface area (TPSA) is 104 Å². The quantitative estimate of drug-likeness (QED) is 0.592. The molecule has 156 valence electrons. The molecule has 0 atom stereocenters. The van der Waals surface area contributed by atoms with Gasteiger partial charge in [0.2, 0.25) is 15.9 Å². The zero-order valence-corrected chi connectivity index (χ0v) is 16.8. The van der Waals surface area contributed by atoms with Gasteiger partial charge in [0.25, 0.3) is 0 Å². The molecule has 1 aliphatic carbocycles. The normalized spacial score (nSPS) is 19.9. The standard InChI is InChI=1S/C19H23N3O6S/c23-29(24,15-3-4-16-17(9-15)27-8-7-26-16)22-10-14(11-22)19-20-18(21-28-19)5-6-25-12-13-1-2-13/h3-4,9,13-14H,1-2,5-8,10-12H2. The van der Waals surface area contributed by atoms with Gasteiger partial charge in [-0.3, -0.25) is 0 Å². The molecule has 1 aromatic carbocycles. The molecule has 0 amide bonds. The molecule has 1 aromatic heterocycles. The van der Waals surface area contributed by atoms with Crippen LogP contribution in [0.5, 0.6) is 11.5 Å². The van der Waals surface area contributed by atoms with Crippen LogP contribution in [0.2, 0.25) is 0 Å². The average molecular weight is 421 g/mol. The van der Waals surface area contributed by atoms with E-state index < -0.39 is 10.0 Å². The Morgan fingerprint density at radius 3 is 2.72 bits per heavy atom. The van der Waals surface area contributed by atoms with Gasteiger partial charge in [0.15, 0.2) is 17.3 Å². The number of sulfonamides is 1. The molecule has 2 fully saturated rings. The van der Waals surface area contributed by atoms with Crippen LogP contribution in [0.3, 0.4) is 0 Å². The lowest BCUT2D eigenvalue weighted by atomic mass is 10.0. The van der Waals surface area contributed by atoms with Crippen LogP contribution in [0, 0.1) is 5.92 Å². The highest BCUT2D eigenvalue weighted by atomic mass is 32.2. The van der Waals surface area contributed by atoms with Crippen molar-refractivity contribution in [2.24, 2.45) is 5.92 Å². The molecule has 1 saturated heterocycles. The third kappa shape index (κ3) is 3.96. The number of rotatable bonds is 8. The molecule has 9 nitrogen and oxygen atoms in total. The maximum atomic E-state index is 12.9. The summed E-state index contributed by atoms with van der Waals surface area (Å²) in [5.41, 5.74) is 0. The smallest absolute Gasteiger partial charge is 0.243 e. The van der Waals surface area contributed by atoms with E-state index in [1.54, 1.807) is 12.1 Å². The second-order valence-corrected chi connectivity index (χ2v) is 9.58. The van der Waals surface area contributed by atoms with Crippen LogP contribution in [0.4, 0.5) is 0 Å². The summed E-state index contributed by atoms with van der Waals surface area (Å²) in [5, 5.41) is 3.98. The molecule has 2 aliphatic heterocycles. The molecule has 0 N–H and O–H groups in total. The van der Waals surface area contributed by atoms with Crippen molar-refractivity contribution in [1.29, 1.82) is 0 Å². The first-order valence-corrected chi connectivity index (χ1v) is 11.3. The van der Waals surface area contributed by atoms with Gasteiger partial charge >= 0.3 is 0 Å². The van der Waals surface area contributed by atoms with E-state index in [9.17, 15) is 8.42 Å². The predicted octanol–water partition coefficient (Wildman–Crippen LogP) is 1.60. The fourth-order valence-corrected chi connectivity index (χ4v) is 4.90. The Hall–Kier alpha value is -2.17. The Balaban J connectivity index is 1.17. The number of aromatic nitrogens is 2. The van der Waals surface area contributed by atoms with Crippen molar-refractivity contribution in [3.63, 3.8) is 0 Å². The van der Waals surface area contributed by atoms with E-state index in [1.807, 2.05) is 0 Å². The maximum absolute atomic E-state index is 12.9. The monoisotopic (exact) mass is 421 g/mol. The van der Waals surface area contributed by atoms with Gasteiger partial charge in [0.1, 0.15) is 13.2 Å². The van der Waals surface area contributed by atoms with Gasteiger partial charge in [0.05, 0.1) is 17.4 Å². The first-order chi connectivity index (χ1) is 14.1. The molecule has 2 aromatic rings. The Morgan fingerprint density at radius 2 is 1.93 bits per heavy atom.